The maximum absolute atomic E-state index is 12.5. The third kappa shape index (κ3) is 4.68. The van der Waals surface area contributed by atoms with Crippen molar-refractivity contribution in [3.8, 4) is 0 Å². The van der Waals surface area contributed by atoms with Crippen LogP contribution in [0.5, 0.6) is 0 Å². The first kappa shape index (κ1) is 17.7. The van der Waals surface area contributed by atoms with Crippen molar-refractivity contribution in [3.05, 3.63) is 35.4 Å². The second kappa shape index (κ2) is 7.31. The molecule has 1 amide bonds. The molecular formula is C16H20F3NO3. The standard InChI is InChI=1S/C16H20F3NO3/c1-23-13-8-6-12(7-9-13)20-15(22)14(21)10-2-4-11(5-3-10)16(17,18)19/h2-5,12-14,21H,6-9H2,1H3,(H,20,22). The molecule has 1 aromatic rings. The lowest BCUT2D eigenvalue weighted by Gasteiger charge is -2.28. The fraction of sp³-hybridized carbons (Fsp3) is 0.562. The van der Waals surface area contributed by atoms with E-state index in [1.165, 1.54) is 0 Å². The van der Waals surface area contributed by atoms with Gasteiger partial charge < -0.3 is 15.2 Å². The van der Waals surface area contributed by atoms with E-state index in [4.69, 9.17) is 4.74 Å². The zero-order valence-corrected chi connectivity index (χ0v) is 12.8. The van der Waals surface area contributed by atoms with Crippen LogP contribution in [-0.2, 0) is 15.7 Å². The third-order valence-electron chi connectivity index (χ3n) is 4.16. The molecule has 1 aliphatic carbocycles. The number of methoxy groups -OCH3 is 1. The molecule has 0 aliphatic heterocycles. The van der Waals surface area contributed by atoms with E-state index >= 15 is 0 Å². The number of aliphatic hydroxyl groups is 1. The van der Waals surface area contributed by atoms with E-state index < -0.39 is 23.8 Å². The molecule has 4 nitrogen and oxygen atoms in total. The van der Waals surface area contributed by atoms with Crippen LogP contribution in [0.3, 0.4) is 0 Å². The molecule has 0 saturated heterocycles. The van der Waals surface area contributed by atoms with Crippen molar-refractivity contribution in [1.82, 2.24) is 5.32 Å². The fourth-order valence-corrected chi connectivity index (χ4v) is 2.73. The van der Waals surface area contributed by atoms with E-state index in [0.29, 0.717) is 0 Å². The van der Waals surface area contributed by atoms with Gasteiger partial charge in [0.15, 0.2) is 6.10 Å². The molecule has 1 aromatic carbocycles. The normalized spacial score (nSPS) is 23.3. The van der Waals surface area contributed by atoms with Crippen LogP contribution in [-0.4, -0.2) is 30.3 Å². The number of carbonyl (C=O) groups is 1. The van der Waals surface area contributed by atoms with Gasteiger partial charge in [-0.1, -0.05) is 12.1 Å². The van der Waals surface area contributed by atoms with Crippen molar-refractivity contribution in [2.45, 2.75) is 50.1 Å². The quantitative estimate of drug-likeness (QED) is 0.892. The van der Waals surface area contributed by atoms with E-state index in [2.05, 4.69) is 5.32 Å². The molecule has 0 spiro atoms. The minimum Gasteiger partial charge on any atom is -0.381 e. The summed E-state index contributed by atoms with van der Waals surface area (Å²) in [5, 5.41) is 12.7. The van der Waals surface area contributed by atoms with Gasteiger partial charge in [0.05, 0.1) is 11.7 Å². The number of nitrogens with one attached hydrogen (secondary N) is 1. The van der Waals surface area contributed by atoms with E-state index in [1.54, 1.807) is 7.11 Å². The van der Waals surface area contributed by atoms with Gasteiger partial charge in [0.25, 0.3) is 5.91 Å². The molecule has 2 N–H and O–H groups in total. The van der Waals surface area contributed by atoms with Crippen LogP contribution < -0.4 is 5.32 Å². The molecule has 7 heteroatoms. The first-order chi connectivity index (χ1) is 10.8. The summed E-state index contributed by atoms with van der Waals surface area (Å²) in [6, 6.07) is 3.91. The van der Waals surface area contributed by atoms with Crippen molar-refractivity contribution < 1.29 is 27.8 Å². The molecule has 0 aromatic heterocycles. The number of hydrogen-bond acceptors (Lipinski definition) is 3. The van der Waals surface area contributed by atoms with Gasteiger partial charge in [-0.15, -0.1) is 0 Å². The van der Waals surface area contributed by atoms with Gasteiger partial charge in [-0.3, -0.25) is 4.79 Å². The van der Waals surface area contributed by atoms with E-state index in [9.17, 15) is 23.1 Å². The number of aliphatic hydroxyl groups excluding tert-OH is 1. The zero-order chi connectivity index (χ0) is 17.0. The number of ether oxygens (including phenoxy) is 1. The largest absolute Gasteiger partial charge is 0.416 e. The average molecular weight is 331 g/mol. The summed E-state index contributed by atoms with van der Waals surface area (Å²) in [6.45, 7) is 0. The molecule has 1 aliphatic rings. The predicted molar refractivity (Wildman–Crippen MR) is 77.6 cm³/mol. The van der Waals surface area contributed by atoms with Crippen molar-refractivity contribution >= 4 is 5.91 Å². The minimum atomic E-state index is -4.44. The van der Waals surface area contributed by atoms with Crippen LogP contribution >= 0.6 is 0 Å². The summed E-state index contributed by atoms with van der Waals surface area (Å²) in [6.07, 6.45) is -2.55. The Labute approximate surface area is 132 Å². The van der Waals surface area contributed by atoms with Crippen LogP contribution in [0.1, 0.15) is 42.9 Å². The van der Waals surface area contributed by atoms with Gasteiger partial charge in [-0.05, 0) is 43.4 Å². The summed E-state index contributed by atoms with van der Waals surface area (Å²) in [4.78, 5) is 12.0. The van der Waals surface area contributed by atoms with Crippen molar-refractivity contribution in [2.75, 3.05) is 7.11 Å². The second-order valence-corrected chi connectivity index (χ2v) is 5.74. The maximum Gasteiger partial charge on any atom is 0.416 e. The summed E-state index contributed by atoms with van der Waals surface area (Å²) >= 11 is 0. The average Bonchev–Trinajstić information content (AvgIpc) is 2.54. The Morgan fingerprint density at radius 2 is 1.78 bits per heavy atom. The number of rotatable bonds is 4. The van der Waals surface area contributed by atoms with E-state index in [0.717, 1.165) is 49.9 Å². The number of alkyl halides is 3. The van der Waals surface area contributed by atoms with Crippen LogP contribution in [0.4, 0.5) is 13.2 Å². The highest BCUT2D eigenvalue weighted by Gasteiger charge is 2.31. The van der Waals surface area contributed by atoms with Crippen LogP contribution in [0.25, 0.3) is 0 Å². The number of amides is 1. The molecule has 1 fully saturated rings. The van der Waals surface area contributed by atoms with Crippen LogP contribution in [0, 0.1) is 0 Å². The van der Waals surface area contributed by atoms with Gasteiger partial charge >= 0.3 is 6.18 Å². The molecule has 1 atom stereocenters. The Kier molecular flexibility index (Phi) is 5.64. The summed E-state index contributed by atoms with van der Waals surface area (Å²) in [7, 11) is 1.65. The molecule has 0 heterocycles. The van der Waals surface area contributed by atoms with Gasteiger partial charge in [0, 0.05) is 13.2 Å². The molecular weight excluding hydrogens is 311 g/mol. The molecule has 0 bridgehead atoms. The van der Waals surface area contributed by atoms with E-state index in [1.807, 2.05) is 0 Å². The van der Waals surface area contributed by atoms with Gasteiger partial charge in [-0.25, -0.2) is 0 Å². The highest BCUT2D eigenvalue weighted by Crippen LogP contribution is 2.30. The van der Waals surface area contributed by atoms with Crippen LogP contribution in [0.15, 0.2) is 24.3 Å². The zero-order valence-electron chi connectivity index (χ0n) is 12.8. The summed E-state index contributed by atoms with van der Waals surface area (Å²) < 4.78 is 42.7. The lowest BCUT2D eigenvalue weighted by molar-refractivity contribution is -0.137. The molecule has 23 heavy (non-hydrogen) atoms. The monoisotopic (exact) mass is 331 g/mol. The van der Waals surface area contributed by atoms with Crippen molar-refractivity contribution in [1.29, 1.82) is 0 Å². The maximum atomic E-state index is 12.5. The number of carbonyl (C=O) groups excluding carboxylic acids is 1. The summed E-state index contributed by atoms with van der Waals surface area (Å²) in [5.74, 6) is -0.592. The topological polar surface area (TPSA) is 58.6 Å². The molecule has 1 saturated carbocycles. The molecule has 128 valence electrons. The lowest BCUT2D eigenvalue weighted by Crippen LogP contribution is -2.41. The predicted octanol–water partition coefficient (Wildman–Crippen LogP) is 2.81. The SMILES string of the molecule is COC1CCC(NC(=O)C(O)c2ccc(C(F)(F)F)cc2)CC1. The Bertz CT molecular complexity index is 522. The smallest absolute Gasteiger partial charge is 0.381 e. The highest BCUT2D eigenvalue weighted by molar-refractivity contribution is 5.82. The van der Waals surface area contributed by atoms with Gasteiger partial charge in [-0.2, -0.15) is 13.2 Å². The van der Waals surface area contributed by atoms with Crippen LogP contribution in [0.2, 0.25) is 0 Å². The fourth-order valence-electron chi connectivity index (χ4n) is 2.73. The van der Waals surface area contributed by atoms with Gasteiger partial charge in [0.1, 0.15) is 0 Å². The lowest BCUT2D eigenvalue weighted by atomic mass is 9.92. The van der Waals surface area contributed by atoms with E-state index in [-0.39, 0.29) is 17.7 Å². The minimum absolute atomic E-state index is 0.0435. The van der Waals surface area contributed by atoms with Crippen molar-refractivity contribution in [2.24, 2.45) is 0 Å². The van der Waals surface area contributed by atoms with Crippen molar-refractivity contribution in [3.63, 3.8) is 0 Å². The number of benzene rings is 1. The Balaban J connectivity index is 1.92. The molecule has 2 rings (SSSR count). The number of halogens is 3. The molecule has 0 radical (unpaired) electrons. The molecule has 1 unspecified atom stereocenters. The number of hydrogen-bond donors (Lipinski definition) is 2. The Morgan fingerprint density at radius 3 is 2.26 bits per heavy atom. The highest BCUT2D eigenvalue weighted by atomic mass is 19.4. The second-order valence-electron chi connectivity index (χ2n) is 5.74. The first-order valence-electron chi connectivity index (χ1n) is 7.49. The Morgan fingerprint density at radius 1 is 1.22 bits per heavy atom. The Hall–Kier alpha value is -1.60. The van der Waals surface area contributed by atoms with Gasteiger partial charge in [0.2, 0.25) is 0 Å². The summed E-state index contributed by atoms with van der Waals surface area (Å²) in [5.41, 5.74) is -0.673. The first-order valence-corrected chi connectivity index (χ1v) is 7.49. The third-order valence-corrected chi connectivity index (χ3v) is 4.16.